The molecule has 2 bridgehead atoms. The molecule has 3 N–H and O–H groups in total. The highest BCUT2D eigenvalue weighted by Crippen LogP contribution is 2.27. The molecule has 0 aromatic carbocycles. The Morgan fingerprint density at radius 3 is 2.71 bits per heavy atom. The van der Waals surface area contributed by atoms with Crippen molar-refractivity contribution in [1.82, 2.24) is 5.32 Å². The molecular weight excluding hydrogens is 218 g/mol. The fourth-order valence-electron chi connectivity index (χ4n) is 2.32. The molecule has 0 atom stereocenters. The van der Waals surface area contributed by atoms with Gasteiger partial charge in [0.15, 0.2) is 0 Å². The second-order valence-corrected chi connectivity index (χ2v) is 4.70. The van der Waals surface area contributed by atoms with Crippen molar-refractivity contribution in [2.45, 2.75) is 25.7 Å². The first-order valence-electron chi connectivity index (χ1n) is 5.98. The Hall–Kier alpha value is -1.65. The lowest BCUT2D eigenvalue weighted by Gasteiger charge is -2.25. The SMILES string of the molecule is NC(=O)C1=CC(=O)NCC2CCC(C=N1)CC2. The van der Waals surface area contributed by atoms with E-state index < -0.39 is 5.91 Å². The summed E-state index contributed by atoms with van der Waals surface area (Å²) in [6.45, 7) is 0.675. The summed E-state index contributed by atoms with van der Waals surface area (Å²) in [6.07, 6.45) is 7.28. The van der Waals surface area contributed by atoms with Crippen LogP contribution in [0.3, 0.4) is 0 Å². The van der Waals surface area contributed by atoms with Crippen LogP contribution in [0.2, 0.25) is 0 Å². The van der Waals surface area contributed by atoms with Gasteiger partial charge >= 0.3 is 0 Å². The molecule has 3 aliphatic rings. The van der Waals surface area contributed by atoms with E-state index in [0.29, 0.717) is 18.4 Å². The van der Waals surface area contributed by atoms with Gasteiger partial charge in [-0.05, 0) is 37.5 Å². The maximum atomic E-state index is 11.5. The van der Waals surface area contributed by atoms with Gasteiger partial charge in [0.1, 0.15) is 5.70 Å². The van der Waals surface area contributed by atoms with Gasteiger partial charge in [-0.3, -0.25) is 14.6 Å². The van der Waals surface area contributed by atoms with Crippen molar-refractivity contribution in [2.24, 2.45) is 22.6 Å². The lowest BCUT2D eigenvalue weighted by molar-refractivity contribution is -0.118. The predicted octanol–water partition coefficient (Wildman–Crippen LogP) is 0.363. The number of rotatable bonds is 1. The van der Waals surface area contributed by atoms with Crippen LogP contribution in [0, 0.1) is 11.8 Å². The molecule has 5 heteroatoms. The molecule has 0 radical (unpaired) electrons. The van der Waals surface area contributed by atoms with E-state index in [9.17, 15) is 9.59 Å². The average Bonchev–Trinajstić information content (AvgIpc) is 2.37. The topological polar surface area (TPSA) is 84.5 Å². The summed E-state index contributed by atoms with van der Waals surface area (Å²) >= 11 is 0. The molecule has 2 amide bonds. The monoisotopic (exact) mass is 235 g/mol. The van der Waals surface area contributed by atoms with Gasteiger partial charge in [0, 0.05) is 18.8 Å². The van der Waals surface area contributed by atoms with E-state index in [1.807, 2.05) is 0 Å². The third-order valence-corrected chi connectivity index (χ3v) is 3.40. The number of carbonyl (C=O) groups excluding carboxylic acids is 2. The summed E-state index contributed by atoms with van der Waals surface area (Å²) < 4.78 is 0. The van der Waals surface area contributed by atoms with Crippen LogP contribution in [0.4, 0.5) is 0 Å². The minimum Gasteiger partial charge on any atom is -0.364 e. The molecule has 0 unspecified atom stereocenters. The highest BCUT2D eigenvalue weighted by Gasteiger charge is 2.21. The van der Waals surface area contributed by atoms with Crippen LogP contribution >= 0.6 is 0 Å². The van der Waals surface area contributed by atoms with E-state index >= 15 is 0 Å². The number of nitrogens with zero attached hydrogens (tertiary/aromatic N) is 1. The van der Waals surface area contributed by atoms with E-state index in [4.69, 9.17) is 5.73 Å². The quantitative estimate of drug-likeness (QED) is 0.687. The van der Waals surface area contributed by atoms with Crippen LogP contribution in [0.5, 0.6) is 0 Å². The van der Waals surface area contributed by atoms with Gasteiger partial charge in [-0.25, -0.2) is 0 Å². The number of nitrogens with one attached hydrogen (secondary N) is 1. The molecule has 2 aliphatic heterocycles. The van der Waals surface area contributed by atoms with E-state index in [0.717, 1.165) is 25.7 Å². The molecular formula is C12H17N3O2. The normalized spacial score (nSPS) is 29.2. The van der Waals surface area contributed by atoms with Gasteiger partial charge in [0.05, 0.1) is 0 Å². The highest BCUT2D eigenvalue weighted by atomic mass is 16.2. The summed E-state index contributed by atoms with van der Waals surface area (Å²) in [5, 5.41) is 2.79. The van der Waals surface area contributed by atoms with Crippen LogP contribution in [0.25, 0.3) is 0 Å². The molecule has 0 spiro atoms. The summed E-state index contributed by atoms with van der Waals surface area (Å²) in [5.74, 6) is 0.000763. The lowest BCUT2D eigenvalue weighted by atomic mass is 9.82. The van der Waals surface area contributed by atoms with Crippen molar-refractivity contribution >= 4 is 18.0 Å². The van der Waals surface area contributed by atoms with Crippen molar-refractivity contribution in [3.05, 3.63) is 11.8 Å². The lowest BCUT2D eigenvalue weighted by Crippen LogP contribution is -2.30. The zero-order chi connectivity index (χ0) is 12.3. The molecule has 0 aromatic rings. The van der Waals surface area contributed by atoms with Crippen molar-refractivity contribution in [3.63, 3.8) is 0 Å². The summed E-state index contributed by atoms with van der Waals surface area (Å²) in [5.41, 5.74) is 5.21. The number of aliphatic imine (C=N–C) groups is 1. The minimum absolute atomic E-state index is 0.0350. The molecule has 1 saturated carbocycles. The van der Waals surface area contributed by atoms with E-state index in [1.54, 1.807) is 6.21 Å². The highest BCUT2D eigenvalue weighted by molar-refractivity contribution is 6.00. The van der Waals surface area contributed by atoms with Crippen LogP contribution in [-0.4, -0.2) is 24.6 Å². The number of amides is 2. The van der Waals surface area contributed by atoms with Crippen LogP contribution in [0.1, 0.15) is 25.7 Å². The maximum absolute atomic E-state index is 11.5. The first-order chi connectivity index (χ1) is 8.15. The molecule has 92 valence electrons. The number of primary amides is 1. The molecule has 1 fully saturated rings. The zero-order valence-corrected chi connectivity index (χ0v) is 9.69. The van der Waals surface area contributed by atoms with Gasteiger partial charge in [-0.15, -0.1) is 0 Å². The molecule has 0 saturated heterocycles. The third-order valence-electron chi connectivity index (χ3n) is 3.40. The number of nitrogens with two attached hydrogens (primary N) is 1. The number of hydrogen-bond donors (Lipinski definition) is 2. The molecule has 5 nitrogen and oxygen atoms in total. The second kappa shape index (κ2) is 5.12. The molecule has 3 rings (SSSR count). The van der Waals surface area contributed by atoms with Crippen molar-refractivity contribution in [3.8, 4) is 0 Å². The van der Waals surface area contributed by atoms with E-state index in [1.165, 1.54) is 6.08 Å². The van der Waals surface area contributed by atoms with Crippen molar-refractivity contribution < 1.29 is 9.59 Å². The smallest absolute Gasteiger partial charge is 0.267 e. The Morgan fingerprint density at radius 1 is 1.35 bits per heavy atom. The van der Waals surface area contributed by atoms with Crippen molar-refractivity contribution in [1.29, 1.82) is 0 Å². The Balaban J connectivity index is 2.21. The van der Waals surface area contributed by atoms with E-state index in [-0.39, 0.29) is 11.6 Å². The van der Waals surface area contributed by atoms with Crippen LogP contribution < -0.4 is 11.1 Å². The second-order valence-electron chi connectivity index (χ2n) is 4.70. The first kappa shape index (κ1) is 11.8. The largest absolute Gasteiger partial charge is 0.364 e. The predicted molar refractivity (Wildman–Crippen MR) is 64.2 cm³/mol. The summed E-state index contributed by atoms with van der Waals surface area (Å²) in [4.78, 5) is 26.7. The maximum Gasteiger partial charge on any atom is 0.267 e. The van der Waals surface area contributed by atoms with E-state index in [2.05, 4.69) is 10.3 Å². The van der Waals surface area contributed by atoms with Gasteiger partial charge in [0.2, 0.25) is 5.91 Å². The molecule has 2 heterocycles. The van der Waals surface area contributed by atoms with Gasteiger partial charge < -0.3 is 11.1 Å². The zero-order valence-electron chi connectivity index (χ0n) is 9.69. The van der Waals surface area contributed by atoms with Crippen LogP contribution in [-0.2, 0) is 9.59 Å². The standard InChI is InChI=1S/C12H17N3O2/c13-12(17)10-5-11(16)15-7-9-3-1-8(2-4-9)6-14-10/h5-6,8-9H,1-4,7H2,(H2,13,17)(H,15,16). The number of carbonyl (C=O) groups is 2. The minimum atomic E-state index is -0.662. The molecule has 0 aromatic heterocycles. The van der Waals surface area contributed by atoms with Crippen LogP contribution in [0.15, 0.2) is 16.8 Å². The fourth-order valence-corrected chi connectivity index (χ4v) is 2.32. The number of fused-ring (bicyclic) bond motifs is 6. The Bertz CT molecular complexity index is 379. The summed E-state index contributed by atoms with van der Waals surface area (Å²) in [7, 11) is 0. The third kappa shape index (κ3) is 3.15. The summed E-state index contributed by atoms with van der Waals surface area (Å²) in [6, 6.07) is 0. The Morgan fingerprint density at radius 2 is 2.06 bits per heavy atom. The van der Waals surface area contributed by atoms with Gasteiger partial charge in [-0.2, -0.15) is 0 Å². The molecule has 17 heavy (non-hydrogen) atoms. The Labute approximate surface area is 100 Å². The van der Waals surface area contributed by atoms with Crippen molar-refractivity contribution in [2.75, 3.05) is 6.54 Å². The fraction of sp³-hybridized carbons (Fsp3) is 0.583. The van der Waals surface area contributed by atoms with Gasteiger partial charge in [0.25, 0.3) is 5.91 Å². The first-order valence-corrected chi connectivity index (χ1v) is 5.98. The Kier molecular flexibility index (Phi) is 3.56. The average molecular weight is 235 g/mol. The number of hydrogen-bond acceptors (Lipinski definition) is 3. The molecule has 1 aliphatic carbocycles. The van der Waals surface area contributed by atoms with Gasteiger partial charge in [-0.1, -0.05) is 0 Å².